The lowest BCUT2D eigenvalue weighted by molar-refractivity contribution is 0.0697. The van der Waals surface area contributed by atoms with Crippen LogP contribution in [0.1, 0.15) is 31.1 Å². The Bertz CT molecular complexity index is 485. The second-order valence-electron chi connectivity index (χ2n) is 6.16. The molecule has 1 heterocycles. The normalized spacial score (nSPS) is 16.1. The van der Waals surface area contributed by atoms with E-state index >= 15 is 0 Å². The molecule has 1 aromatic rings. The molecule has 4 nitrogen and oxygen atoms in total. The van der Waals surface area contributed by atoms with Crippen LogP contribution in [0.4, 0.5) is 5.69 Å². The number of nitrogens with zero attached hydrogens (tertiary/aromatic N) is 1. The summed E-state index contributed by atoms with van der Waals surface area (Å²) in [5.74, 6) is 0.399. The number of ether oxygens (including phenoxy) is 1. The highest BCUT2D eigenvalue weighted by Gasteiger charge is 2.37. The first-order valence-corrected chi connectivity index (χ1v) is 6.49. The van der Waals surface area contributed by atoms with E-state index < -0.39 is 5.97 Å². The van der Waals surface area contributed by atoms with Crippen LogP contribution >= 0.6 is 0 Å². The zero-order chi connectivity index (χ0) is 14.2. The molecule has 1 saturated heterocycles. The molecule has 19 heavy (non-hydrogen) atoms. The Hall–Kier alpha value is -1.71. The third-order valence-corrected chi connectivity index (χ3v) is 3.88. The fourth-order valence-corrected chi connectivity index (χ4v) is 2.30. The zero-order valence-corrected chi connectivity index (χ0v) is 11.9. The number of carboxylic acid groups (broad SMARTS) is 1. The number of aromatic carboxylic acids is 1. The third-order valence-electron chi connectivity index (χ3n) is 3.88. The van der Waals surface area contributed by atoms with Gasteiger partial charge in [0, 0.05) is 19.2 Å². The molecule has 1 aromatic carbocycles. The lowest BCUT2D eigenvalue weighted by Crippen LogP contribution is -2.52. The van der Waals surface area contributed by atoms with Gasteiger partial charge in [-0.25, -0.2) is 4.79 Å². The lowest BCUT2D eigenvalue weighted by Gasteiger charge is -2.48. The molecule has 0 bridgehead atoms. The Kier molecular flexibility index (Phi) is 3.43. The Balaban J connectivity index is 2.23. The summed E-state index contributed by atoms with van der Waals surface area (Å²) in [6.07, 6.45) is 0. The number of carboxylic acids is 1. The van der Waals surface area contributed by atoms with E-state index in [4.69, 9.17) is 4.74 Å². The summed E-state index contributed by atoms with van der Waals surface area (Å²) in [4.78, 5) is 13.4. The van der Waals surface area contributed by atoms with Gasteiger partial charge in [0.15, 0.2) is 0 Å². The van der Waals surface area contributed by atoms with Crippen LogP contribution in [0.3, 0.4) is 0 Å². The largest absolute Gasteiger partial charge is 0.497 e. The number of anilines is 1. The van der Waals surface area contributed by atoms with E-state index in [1.54, 1.807) is 19.2 Å². The molecule has 0 aromatic heterocycles. The highest BCUT2D eigenvalue weighted by molar-refractivity contribution is 5.95. The summed E-state index contributed by atoms with van der Waals surface area (Å²) in [5.41, 5.74) is 1.36. The van der Waals surface area contributed by atoms with Gasteiger partial charge in [0.05, 0.1) is 18.4 Å². The third kappa shape index (κ3) is 2.67. The highest BCUT2D eigenvalue weighted by atomic mass is 16.5. The van der Waals surface area contributed by atoms with Crippen molar-refractivity contribution in [3.05, 3.63) is 23.8 Å². The molecule has 4 heteroatoms. The van der Waals surface area contributed by atoms with E-state index in [0.717, 1.165) is 18.8 Å². The minimum absolute atomic E-state index is 0.263. The van der Waals surface area contributed by atoms with Gasteiger partial charge in [0.2, 0.25) is 0 Å². The molecular formula is C15H21NO3. The van der Waals surface area contributed by atoms with Crippen molar-refractivity contribution in [3.63, 3.8) is 0 Å². The molecule has 1 fully saturated rings. The van der Waals surface area contributed by atoms with E-state index in [-0.39, 0.29) is 5.41 Å². The molecule has 2 rings (SSSR count). The maximum atomic E-state index is 11.3. The Labute approximate surface area is 114 Å². The molecular weight excluding hydrogens is 242 g/mol. The van der Waals surface area contributed by atoms with Crippen molar-refractivity contribution in [2.75, 3.05) is 25.1 Å². The van der Waals surface area contributed by atoms with E-state index in [1.165, 1.54) is 0 Å². The smallest absolute Gasteiger partial charge is 0.337 e. The zero-order valence-electron chi connectivity index (χ0n) is 11.9. The molecule has 0 spiro atoms. The van der Waals surface area contributed by atoms with Crippen LogP contribution in [0.15, 0.2) is 18.2 Å². The highest BCUT2D eigenvalue weighted by Crippen LogP contribution is 2.38. The second-order valence-corrected chi connectivity index (χ2v) is 6.16. The maximum absolute atomic E-state index is 11.3. The number of methoxy groups -OCH3 is 1. The molecule has 0 saturated carbocycles. The van der Waals surface area contributed by atoms with Crippen molar-refractivity contribution in [1.29, 1.82) is 0 Å². The molecule has 0 radical (unpaired) electrons. The molecule has 1 N–H and O–H groups in total. The fourth-order valence-electron chi connectivity index (χ4n) is 2.30. The topological polar surface area (TPSA) is 49.8 Å². The number of benzene rings is 1. The van der Waals surface area contributed by atoms with Crippen LogP contribution in [0.5, 0.6) is 5.75 Å². The van der Waals surface area contributed by atoms with E-state index in [0.29, 0.717) is 17.2 Å². The molecule has 0 aliphatic carbocycles. The number of hydrogen-bond donors (Lipinski definition) is 1. The van der Waals surface area contributed by atoms with Gasteiger partial charge in [-0.15, -0.1) is 0 Å². The SMILES string of the molecule is COc1ccc(C(=O)O)c(N2CC(C(C)(C)C)C2)c1. The average Bonchev–Trinajstić information content (AvgIpc) is 2.24. The average molecular weight is 263 g/mol. The van der Waals surface area contributed by atoms with Gasteiger partial charge >= 0.3 is 5.97 Å². The van der Waals surface area contributed by atoms with Gasteiger partial charge < -0.3 is 14.7 Å². The fraction of sp³-hybridized carbons (Fsp3) is 0.533. The molecule has 0 unspecified atom stereocenters. The van der Waals surface area contributed by atoms with E-state index in [2.05, 4.69) is 25.7 Å². The molecule has 0 atom stereocenters. The summed E-state index contributed by atoms with van der Waals surface area (Å²) < 4.78 is 5.18. The van der Waals surface area contributed by atoms with Gasteiger partial charge in [-0.05, 0) is 23.5 Å². The monoisotopic (exact) mass is 263 g/mol. The lowest BCUT2D eigenvalue weighted by atomic mass is 9.75. The van der Waals surface area contributed by atoms with Crippen molar-refractivity contribution >= 4 is 11.7 Å². The van der Waals surface area contributed by atoms with Crippen LogP contribution in [-0.4, -0.2) is 31.3 Å². The Morgan fingerprint density at radius 1 is 1.37 bits per heavy atom. The molecule has 104 valence electrons. The van der Waals surface area contributed by atoms with Crippen LogP contribution in [0.2, 0.25) is 0 Å². The predicted octanol–water partition coefficient (Wildman–Crippen LogP) is 2.88. The van der Waals surface area contributed by atoms with Gasteiger partial charge in [0.25, 0.3) is 0 Å². The maximum Gasteiger partial charge on any atom is 0.337 e. The Morgan fingerprint density at radius 3 is 2.47 bits per heavy atom. The molecule has 1 aliphatic heterocycles. The first-order chi connectivity index (χ1) is 8.82. The molecule has 1 aliphatic rings. The first kappa shape index (κ1) is 13.7. The predicted molar refractivity (Wildman–Crippen MR) is 75.1 cm³/mol. The van der Waals surface area contributed by atoms with Crippen LogP contribution in [0, 0.1) is 11.3 Å². The van der Waals surface area contributed by atoms with Crippen molar-refractivity contribution in [2.45, 2.75) is 20.8 Å². The summed E-state index contributed by atoms with van der Waals surface area (Å²) in [6, 6.07) is 5.11. The van der Waals surface area contributed by atoms with E-state index in [9.17, 15) is 9.90 Å². The van der Waals surface area contributed by atoms with Crippen molar-refractivity contribution < 1.29 is 14.6 Å². The van der Waals surface area contributed by atoms with Crippen LogP contribution < -0.4 is 9.64 Å². The summed E-state index contributed by atoms with van der Waals surface area (Å²) in [6.45, 7) is 8.46. The van der Waals surface area contributed by atoms with Crippen molar-refractivity contribution in [2.24, 2.45) is 11.3 Å². The van der Waals surface area contributed by atoms with Gasteiger partial charge in [0.1, 0.15) is 5.75 Å². The minimum atomic E-state index is -0.892. The van der Waals surface area contributed by atoms with Crippen molar-refractivity contribution in [3.8, 4) is 5.75 Å². The Morgan fingerprint density at radius 2 is 2.00 bits per heavy atom. The standard InChI is InChI=1S/C15H21NO3/c1-15(2,3)10-8-16(9-10)13-7-11(19-4)5-6-12(13)14(17)18/h5-7,10H,8-9H2,1-4H3,(H,17,18). The summed E-state index contributed by atoms with van der Waals surface area (Å²) >= 11 is 0. The second kappa shape index (κ2) is 4.76. The van der Waals surface area contributed by atoms with E-state index in [1.807, 2.05) is 6.07 Å². The summed E-state index contributed by atoms with van der Waals surface area (Å²) in [7, 11) is 1.59. The number of hydrogen-bond acceptors (Lipinski definition) is 3. The van der Waals surface area contributed by atoms with Gasteiger partial charge in [-0.3, -0.25) is 0 Å². The number of rotatable bonds is 3. The van der Waals surface area contributed by atoms with Crippen LogP contribution in [-0.2, 0) is 0 Å². The molecule has 0 amide bonds. The van der Waals surface area contributed by atoms with Gasteiger partial charge in [-0.2, -0.15) is 0 Å². The minimum Gasteiger partial charge on any atom is -0.497 e. The van der Waals surface area contributed by atoms with Crippen LogP contribution in [0.25, 0.3) is 0 Å². The van der Waals surface area contributed by atoms with Gasteiger partial charge in [-0.1, -0.05) is 20.8 Å². The number of carbonyl (C=O) groups is 1. The first-order valence-electron chi connectivity index (χ1n) is 6.49. The quantitative estimate of drug-likeness (QED) is 0.911. The summed E-state index contributed by atoms with van der Waals surface area (Å²) in [5, 5.41) is 9.26. The van der Waals surface area contributed by atoms with Crippen molar-refractivity contribution in [1.82, 2.24) is 0 Å².